The summed E-state index contributed by atoms with van der Waals surface area (Å²) in [5.41, 5.74) is 2.65. The highest BCUT2D eigenvalue weighted by Gasteiger charge is 2.11. The number of hydrogen-bond acceptors (Lipinski definition) is 4. The van der Waals surface area contributed by atoms with E-state index in [0.29, 0.717) is 44.0 Å². The first-order chi connectivity index (χ1) is 14.0. The quantitative estimate of drug-likeness (QED) is 0.375. The third-order valence-electron chi connectivity index (χ3n) is 4.20. The summed E-state index contributed by atoms with van der Waals surface area (Å²) < 4.78 is 26.6. The molecule has 4 nitrogen and oxygen atoms in total. The minimum absolute atomic E-state index is 0.236. The van der Waals surface area contributed by atoms with Crippen LogP contribution in [0.25, 0.3) is 11.0 Å². The van der Waals surface area contributed by atoms with E-state index in [4.69, 9.17) is 23.2 Å². The van der Waals surface area contributed by atoms with E-state index < -0.39 is 11.6 Å². The lowest BCUT2D eigenvalue weighted by molar-refractivity contribution is 0.507. The summed E-state index contributed by atoms with van der Waals surface area (Å²) in [5, 5.41) is 7.15. The van der Waals surface area contributed by atoms with Gasteiger partial charge in [0.15, 0.2) is 23.3 Å². The summed E-state index contributed by atoms with van der Waals surface area (Å²) in [5.74, 6) is -0.867. The second kappa shape index (κ2) is 8.19. The van der Waals surface area contributed by atoms with Gasteiger partial charge >= 0.3 is 0 Å². The summed E-state index contributed by atoms with van der Waals surface area (Å²) in [4.78, 5) is 9.22. The number of halogens is 4. The van der Waals surface area contributed by atoms with Crippen molar-refractivity contribution in [3.63, 3.8) is 0 Å². The van der Waals surface area contributed by atoms with Gasteiger partial charge in [-0.05, 0) is 48.0 Å². The van der Waals surface area contributed by atoms with Crippen LogP contribution in [0.1, 0.15) is 5.56 Å². The summed E-state index contributed by atoms with van der Waals surface area (Å²) in [6.45, 7) is 0.236. The maximum atomic E-state index is 13.5. The standard InChI is InChI=1S/C21H14Cl2F2N4/c22-14-7-6-13(10-15(14)23)27-21-20(28-18-3-1-2-4-19(18)29-21)26-11-12-5-8-16(24)17(25)9-12/h1-10H,11H2,(H,26,28)(H,27,29). The summed E-state index contributed by atoms with van der Waals surface area (Å²) >= 11 is 12.1. The smallest absolute Gasteiger partial charge is 0.174 e. The van der Waals surface area contributed by atoms with Crippen LogP contribution in [0, 0.1) is 11.6 Å². The van der Waals surface area contributed by atoms with Gasteiger partial charge in [-0.15, -0.1) is 0 Å². The van der Waals surface area contributed by atoms with E-state index in [9.17, 15) is 8.78 Å². The first-order valence-electron chi connectivity index (χ1n) is 8.66. The van der Waals surface area contributed by atoms with Gasteiger partial charge in [-0.25, -0.2) is 18.7 Å². The molecule has 0 saturated carbocycles. The molecule has 0 amide bonds. The number of fused-ring (bicyclic) bond motifs is 1. The van der Waals surface area contributed by atoms with Gasteiger partial charge < -0.3 is 10.6 Å². The van der Waals surface area contributed by atoms with Gasteiger partial charge in [-0.2, -0.15) is 0 Å². The van der Waals surface area contributed by atoms with E-state index in [2.05, 4.69) is 20.6 Å². The molecule has 8 heteroatoms. The molecule has 1 aromatic heterocycles. The predicted octanol–water partition coefficient (Wildman–Crippen LogP) is 6.57. The SMILES string of the molecule is Fc1ccc(CNc2nc3ccccc3nc2Nc2ccc(Cl)c(Cl)c2)cc1F. The maximum absolute atomic E-state index is 13.5. The van der Waals surface area contributed by atoms with Crippen LogP contribution >= 0.6 is 23.2 Å². The third kappa shape index (κ3) is 4.39. The van der Waals surface area contributed by atoms with E-state index in [1.807, 2.05) is 24.3 Å². The molecule has 4 aromatic rings. The molecular formula is C21H14Cl2F2N4. The van der Waals surface area contributed by atoms with E-state index in [-0.39, 0.29) is 6.54 Å². The molecule has 0 saturated heterocycles. The van der Waals surface area contributed by atoms with Crippen LogP contribution in [-0.2, 0) is 6.54 Å². The van der Waals surface area contributed by atoms with Gasteiger partial charge in [0.1, 0.15) is 0 Å². The monoisotopic (exact) mass is 430 g/mol. The highest BCUT2D eigenvalue weighted by atomic mass is 35.5. The number of aromatic nitrogens is 2. The number of nitrogens with zero attached hydrogens (tertiary/aromatic N) is 2. The number of rotatable bonds is 5. The minimum Gasteiger partial charge on any atom is -0.363 e. The van der Waals surface area contributed by atoms with Crippen LogP contribution < -0.4 is 10.6 Å². The van der Waals surface area contributed by atoms with E-state index in [1.165, 1.54) is 6.07 Å². The van der Waals surface area contributed by atoms with Gasteiger partial charge in [0.05, 0.1) is 21.1 Å². The Bertz CT molecular complexity index is 1200. The fourth-order valence-electron chi connectivity index (χ4n) is 2.76. The number of anilines is 3. The first kappa shape index (κ1) is 19.4. The van der Waals surface area contributed by atoms with Crippen LogP contribution in [0.5, 0.6) is 0 Å². The van der Waals surface area contributed by atoms with Crippen molar-refractivity contribution >= 4 is 51.6 Å². The number of benzene rings is 3. The van der Waals surface area contributed by atoms with E-state index >= 15 is 0 Å². The molecule has 0 aliphatic rings. The molecule has 3 aromatic carbocycles. The Hall–Kier alpha value is -2.96. The highest BCUT2D eigenvalue weighted by molar-refractivity contribution is 6.42. The molecule has 1 heterocycles. The Morgan fingerprint density at radius 3 is 2.17 bits per heavy atom. The lowest BCUT2D eigenvalue weighted by Gasteiger charge is -2.14. The Morgan fingerprint density at radius 2 is 1.48 bits per heavy atom. The molecule has 0 radical (unpaired) electrons. The molecule has 0 aliphatic heterocycles. The lowest BCUT2D eigenvalue weighted by Crippen LogP contribution is -2.07. The second-order valence-electron chi connectivity index (χ2n) is 6.27. The molecule has 0 bridgehead atoms. The van der Waals surface area contributed by atoms with Crippen molar-refractivity contribution in [2.45, 2.75) is 6.54 Å². The van der Waals surface area contributed by atoms with Crippen LogP contribution in [0.4, 0.5) is 26.1 Å². The molecule has 0 fully saturated rings. The third-order valence-corrected chi connectivity index (χ3v) is 4.94. The highest BCUT2D eigenvalue weighted by Crippen LogP contribution is 2.29. The summed E-state index contributed by atoms with van der Waals surface area (Å²) in [6.07, 6.45) is 0. The van der Waals surface area contributed by atoms with Crippen LogP contribution in [-0.4, -0.2) is 9.97 Å². The van der Waals surface area contributed by atoms with E-state index in [1.54, 1.807) is 18.2 Å². The Kier molecular flexibility index (Phi) is 5.47. The minimum atomic E-state index is -0.900. The molecule has 0 aliphatic carbocycles. The molecule has 2 N–H and O–H groups in total. The number of hydrogen-bond donors (Lipinski definition) is 2. The van der Waals surface area contributed by atoms with Crippen molar-refractivity contribution in [2.24, 2.45) is 0 Å². The van der Waals surface area contributed by atoms with Gasteiger partial charge in [-0.3, -0.25) is 0 Å². The van der Waals surface area contributed by atoms with Crippen LogP contribution in [0.2, 0.25) is 10.0 Å². The topological polar surface area (TPSA) is 49.8 Å². The summed E-state index contributed by atoms with van der Waals surface area (Å²) in [7, 11) is 0. The molecule has 4 rings (SSSR count). The van der Waals surface area contributed by atoms with Crippen molar-refractivity contribution in [3.8, 4) is 0 Å². The Labute approximate surface area is 175 Å². The molecule has 0 spiro atoms. The fraction of sp³-hybridized carbons (Fsp3) is 0.0476. The van der Waals surface area contributed by atoms with Crippen molar-refractivity contribution < 1.29 is 8.78 Å². The molecular weight excluding hydrogens is 417 g/mol. The van der Waals surface area contributed by atoms with Gasteiger partial charge in [0, 0.05) is 12.2 Å². The number of nitrogens with one attached hydrogen (secondary N) is 2. The molecule has 29 heavy (non-hydrogen) atoms. The van der Waals surface area contributed by atoms with Gasteiger partial charge in [0.2, 0.25) is 0 Å². The van der Waals surface area contributed by atoms with Crippen LogP contribution in [0.3, 0.4) is 0 Å². The predicted molar refractivity (Wildman–Crippen MR) is 113 cm³/mol. The maximum Gasteiger partial charge on any atom is 0.174 e. The van der Waals surface area contributed by atoms with Gasteiger partial charge in [0.25, 0.3) is 0 Å². The molecule has 146 valence electrons. The van der Waals surface area contributed by atoms with Crippen molar-refractivity contribution in [3.05, 3.63) is 87.9 Å². The lowest BCUT2D eigenvalue weighted by atomic mass is 10.2. The summed E-state index contributed by atoms with van der Waals surface area (Å²) in [6, 6.07) is 16.3. The Balaban J connectivity index is 1.67. The van der Waals surface area contributed by atoms with Crippen LogP contribution in [0.15, 0.2) is 60.7 Å². The van der Waals surface area contributed by atoms with Gasteiger partial charge in [-0.1, -0.05) is 41.4 Å². The average molecular weight is 431 g/mol. The second-order valence-corrected chi connectivity index (χ2v) is 7.08. The zero-order valence-electron chi connectivity index (χ0n) is 14.9. The largest absolute Gasteiger partial charge is 0.363 e. The molecule has 0 atom stereocenters. The number of para-hydroxylation sites is 2. The Morgan fingerprint density at radius 1 is 0.759 bits per heavy atom. The molecule has 0 unspecified atom stereocenters. The first-order valence-corrected chi connectivity index (χ1v) is 9.42. The van der Waals surface area contributed by atoms with Crippen molar-refractivity contribution in [1.82, 2.24) is 9.97 Å². The van der Waals surface area contributed by atoms with Crippen molar-refractivity contribution in [1.29, 1.82) is 0 Å². The van der Waals surface area contributed by atoms with E-state index in [0.717, 1.165) is 12.1 Å². The average Bonchev–Trinajstić information content (AvgIpc) is 2.71. The zero-order valence-corrected chi connectivity index (χ0v) is 16.4. The fourth-order valence-corrected chi connectivity index (χ4v) is 3.05. The van der Waals surface area contributed by atoms with Crippen molar-refractivity contribution in [2.75, 3.05) is 10.6 Å². The normalized spacial score (nSPS) is 10.9. The zero-order chi connectivity index (χ0) is 20.4.